The maximum atomic E-state index is 11.1. The minimum absolute atomic E-state index is 0.189. The largest absolute Gasteiger partial charge is 0.299 e. The van der Waals surface area contributed by atoms with Gasteiger partial charge in [-0.15, -0.1) is 0 Å². The zero-order valence-corrected chi connectivity index (χ0v) is 7.27. The van der Waals surface area contributed by atoms with Gasteiger partial charge in [-0.25, -0.2) is 0 Å². The number of hydrogen-bond acceptors (Lipinski definition) is 1. The van der Waals surface area contributed by atoms with Crippen LogP contribution in [0.2, 0.25) is 0 Å². The molecule has 0 aromatic carbocycles. The van der Waals surface area contributed by atoms with Crippen molar-refractivity contribution < 1.29 is 4.79 Å². The van der Waals surface area contributed by atoms with Gasteiger partial charge in [0.15, 0.2) is 0 Å². The van der Waals surface area contributed by atoms with Gasteiger partial charge >= 0.3 is 0 Å². The van der Waals surface area contributed by atoms with E-state index >= 15 is 0 Å². The van der Waals surface area contributed by atoms with E-state index in [0.29, 0.717) is 17.6 Å². The molecule has 0 spiro atoms. The summed E-state index contributed by atoms with van der Waals surface area (Å²) in [5.74, 6) is 1.40. The van der Waals surface area contributed by atoms with Crippen LogP contribution in [0.3, 0.4) is 0 Å². The van der Waals surface area contributed by atoms with E-state index in [-0.39, 0.29) is 5.41 Å². The first-order valence-corrected chi connectivity index (χ1v) is 3.95. The van der Waals surface area contributed by atoms with Crippen LogP contribution in [0.4, 0.5) is 0 Å². The number of carbonyl (C=O) groups is 1. The molecule has 1 aliphatic rings. The molecule has 0 heterocycles. The van der Waals surface area contributed by atoms with E-state index in [9.17, 15) is 4.79 Å². The molecule has 0 aliphatic heterocycles. The minimum atomic E-state index is 0.189. The first kappa shape index (κ1) is 7.77. The Kier molecular flexibility index (Phi) is 1.61. The number of Topliss-reactive ketones (excluding diaryl/α,β-unsaturated/α-hetero) is 1. The molecular weight excluding hydrogens is 124 g/mol. The second-order valence-electron chi connectivity index (χ2n) is 4.49. The lowest BCUT2D eigenvalue weighted by Gasteiger charge is -2.41. The van der Waals surface area contributed by atoms with Crippen LogP contribution in [0.5, 0.6) is 0 Å². The predicted octanol–water partition coefficient (Wildman–Crippen LogP) is 2.26. The van der Waals surface area contributed by atoms with Gasteiger partial charge in [-0.1, -0.05) is 27.7 Å². The van der Waals surface area contributed by atoms with Crippen molar-refractivity contribution in [2.24, 2.45) is 17.3 Å². The Labute approximate surface area is 62.8 Å². The van der Waals surface area contributed by atoms with Crippen LogP contribution >= 0.6 is 0 Å². The fraction of sp³-hybridized carbons (Fsp3) is 0.889. The highest BCUT2D eigenvalue weighted by Gasteiger charge is 2.43. The first-order chi connectivity index (χ1) is 4.43. The molecule has 1 rings (SSSR count). The molecule has 0 amide bonds. The molecule has 0 radical (unpaired) electrons. The third-order valence-corrected chi connectivity index (χ3v) is 2.37. The monoisotopic (exact) mass is 140 g/mol. The summed E-state index contributed by atoms with van der Waals surface area (Å²) in [5.41, 5.74) is 0.189. The average Bonchev–Trinajstić information content (AvgIpc) is 1.58. The van der Waals surface area contributed by atoms with E-state index in [0.717, 1.165) is 6.42 Å². The second kappa shape index (κ2) is 2.08. The van der Waals surface area contributed by atoms with Crippen LogP contribution in [0.25, 0.3) is 0 Å². The molecule has 10 heavy (non-hydrogen) atoms. The van der Waals surface area contributed by atoms with Gasteiger partial charge in [-0.3, -0.25) is 4.79 Å². The first-order valence-electron chi connectivity index (χ1n) is 3.95. The molecule has 0 aromatic rings. The fourth-order valence-electron chi connectivity index (χ4n) is 2.06. The molecular formula is C9H16O. The predicted molar refractivity (Wildman–Crippen MR) is 41.7 cm³/mol. The maximum Gasteiger partial charge on any atom is 0.137 e. The SMILES string of the molecule is C[C@H]1CC(=O)[C@@H]1C(C)(C)C. The molecule has 0 unspecified atom stereocenters. The van der Waals surface area contributed by atoms with Gasteiger partial charge in [0.25, 0.3) is 0 Å². The van der Waals surface area contributed by atoms with Crippen LogP contribution in [0.1, 0.15) is 34.1 Å². The van der Waals surface area contributed by atoms with Gasteiger partial charge in [-0.05, 0) is 11.3 Å². The van der Waals surface area contributed by atoms with Crippen LogP contribution < -0.4 is 0 Å². The summed E-state index contributed by atoms with van der Waals surface area (Å²) in [6, 6.07) is 0. The van der Waals surface area contributed by atoms with Gasteiger partial charge in [-0.2, -0.15) is 0 Å². The lowest BCUT2D eigenvalue weighted by Crippen LogP contribution is -2.43. The molecule has 1 saturated carbocycles. The third kappa shape index (κ3) is 1.09. The number of ketones is 1. The highest BCUT2D eigenvalue weighted by molar-refractivity contribution is 5.87. The molecule has 1 fully saturated rings. The van der Waals surface area contributed by atoms with Crippen molar-refractivity contribution in [1.29, 1.82) is 0 Å². The molecule has 0 saturated heterocycles. The van der Waals surface area contributed by atoms with Crippen molar-refractivity contribution in [3.8, 4) is 0 Å². The Hall–Kier alpha value is -0.330. The second-order valence-corrected chi connectivity index (χ2v) is 4.49. The van der Waals surface area contributed by atoms with Crippen molar-refractivity contribution in [3.05, 3.63) is 0 Å². The van der Waals surface area contributed by atoms with Crippen LogP contribution in [-0.2, 0) is 4.79 Å². The lowest BCUT2D eigenvalue weighted by atomic mass is 9.61. The van der Waals surface area contributed by atoms with Gasteiger partial charge in [0.05, 0.1) is 0 Å². The lowest BCUT2D eigenvalue weighted by molar-refractivity contribution is -0.139. The zero-order chi connectivity index (χ0) is 7.94. The third-order valence-electron chi connectivity index (χ3n) is 2.37. The van der Waals surface area contributed by atoms with E-state index in [1.807, 2.05) is 0 Å². The highest BCUT2D eigenvalue weighted by atomic mass is 16.1. The Morgan fingerprint density at radius 1 is 1.40 bits per heavy atom. The van der Waals surface area contributed by atoms with Crippen molar-refractivity contribution in [2.45, 2.75) is 34.1 Å². The van der Waals surface area contributed by atoms with Crippen molar-refractivity contribution in [3.63, 3.8) is 0 Å². The van der Waals surface area contributed by atoms with E-state index in [1.54, 1.807) is 0 Å². The van der Waals surface area contributed by atoms with Gasteiger partial charge in [0.2, 0.25) is 0 Å². The van der Waals surface area contributed by atoms with Crippen molar-refractivity contribution in [1.82, 2.24) is 0 Å². The van der Waals surface area contributed by atoms with Gasteiger partial charge in [0.1, 0.15) is 5.78 Å². The number of hydrogen-bond donors (Lipinski definition) is 0. The molecule has 2 atom stereocenters. The quantitative estimate of drug-likeness (QED) is 0.504. The number of carbonyl (C=O) groups excluding carboxylic acids is 1. The zero-order valence-electron chi connectivity index (χ0n) is 7.27. The summed E-state index contributed by atoms with van der Waals surface area (Å²) in [4.78, 5) is 11.1. The molecule has 0 bridgehead atoms. The Balaban J connectivity index is 2.64. The van der Waals surface area contributed by atoms with Crippen LogP contribution in [0.15, 0.2) is 0 Å². The maximum absolute atomic E-state index is 11.1. The Morgan fingerprint density at radius 2 is 1.90 bits per heavy atom. The fourth-order valence-corrected chi connectivity index (χ4v) is 2.06. The average molecular weight is 140 g/mol. The van der Waals surface area contributed by atoms with Gasteiger partial charge in [0, 0.05) is 12.3 Å². The summed E-state index contributed by atoms with van der Waals surface area (Å²) >= 11 is 0. The summed E-state index contributed by atoms with van der Waals surface area (Å²) in [6.07, 6.45) is 0.807. The molecule has 0 N–H and O–H groups in total. The molecule has 0 aromatic heterocycles. The molecule has 1 aliphatic carbocycles. The van der Waals surface area contributed by atoms with Crippen LogP contribution in [-0.4, -0.2) is 5.78 Å². The normalized spacial score (nSPS) is 33.8. The van der Waals surface area contributed by atoms with E-state index in [4.69, 9.17) is 0 Å². The van der Waals surface area contributed by atoms with E-state index in [2.05, 4.69) is 27.7 Å². The molecule has 58 valence electrons. The van der Waals surface area contributed by atoms with Crippen molar-refractivity contribution >= 4 is 5.78 Å². The smallest absolute Gasteiger partial charge is 0.137 e. The molecule has 1 nitrogen and oxygen atoms in total. The summed E-state index contributed by atoms with van der Waals surface area (Å²) in [5, 5.41) is 0. The number of rotatable bonds is 0. The summed E-state index contributed by atoms with van der Waals surface area (Å²) in [7, 11) is 0. The van der Waals surface area contributed by atoms with E-state index in [1.165, 1.54) is 0 Å². The Morgan fingerprint density at radius 3 is 2.00 bits per heavy atom. The standard InChI is InChI=1S/C9H16O/c1-6-5-7(10)8(6)9(2,3)4/h6,8H,5H2,1-4H3/t6-,8+/m0/s1. The molecule has 1 heteroatoms. The van der Waals surface area contributed by atoms with E-state index < -0.39 is 0 Å². The summed E-state index contributed by atoms with van der Waals surface area (Å²) in [6.45, 7) is 8.60. The Bertz CT molecular complexity index is 153. The highest BCUT2D eigenvalue weighted by Crippen LogP contribution is 2.42. The summed E-state index contributed by atoms with van der Waals surface area (Å²) < 4.78 is 0. The van der Waals surface area contributed by atoms with Crippen LogP contribution in [0, 0.1) is 17.3 Å². The minimum Gasteiger partial charge on any atom is -0.299 e. The van der Waals surface area contributed by atoms with Gasteiger partial charge < -0.3 is 0 Å². The van der Waals surface area contributed by atoms with Crippen molar-refractivity contribution in [2.75, 3.05) is 0 Å². The topological polar surface area (TPSA) is 17.1 Å².